The number of hydrogen-bond donors (Lipinski definition) is 0. The maximum Gasteiger partial charge on any atom is 0.0719 e. The van der Waals surface area contributed by atoms with E-state index >= 15 is 0 Å². The van der Waals surface area contributed by atoms with Crippen LogP contribution in [0.4, 0.5) is 0 Å². The summed E-state index contributed by atoms with van der Waals surface area (Å²) in [6, 6.07) is 19.9. The molecule has 2 rings (SSSR count). The van der Waals surface area contributed by atoms with Crippen LogP contribution < -0.4 is 0 Å². The maximum atomic E-state index is 8.64. The largest absolute Gasteiger partial charge is 0.125 e. The zero-order valence-corrected chi connectivity index (χ0v) is 10.6. The Kier molecular flexibility index (Phi) is 4.70. The van der Waals surface area contributed by atoms with Gasteiger partial charge >= 0.3 is 0 Å². The molecule has 1 unspecified atom stereocenters. The molecule has 0 aliphatic carbocycles. The van der Waals surface area contributed by atoms with Crippen molar-refractivity contribution in [3.8, 4) is 0 Å². The molecule has 3 nitrogen and oxygen atoms in total. The Morgan fingerprint density at radius 1 is 1.00 bits per heavy atom. The molecule has 0 fully saturated rings. The van der Waals surface area contributed by atoms with Crippen LogP contribution in [0.2, 0.25) is 0 Å². The van der Waals surface area contributed by atoms with Crippen LogP contribution in [0.5, 0.6) is 0 Å². The molecular formula is C14H13N3S. The van der Waals surface area contributed by atoms with E-state index in [-0.39, 0.29) is 6.04 Å². The minimum Gasteiger partial charge on any atom is -0.125 e. The quantitative estimate of drug-likeness (QED) is 0.326. The fourth-order valence-electron chi connectivity index (χ4n) is 1.63. The third-order valence-electron chi connectivity index (χ3n) is 2.53. The molecule has 0 amide bonds. The molecule has 0 aliphatic rings. The SMILES string of the molecule is [N-]=[N+]=NC(CSc1ccccc1)c1ccccc1. The summed E-state index contributed by atoms with van der Waals surface area (Å²) in [5.74, 6) is 0.748. The lowest BCUT2D eigenvalue weighted by atomic mass is 10.1. The van der Waals surface area contributed by atoms with Crippen LogP contribution in [0.1, 0.15) is 11.6 Å². The maximum absolute atomic E-state index is 8.64. The highest BCUT2D eigenvalue weighted by Crippen LogP contribution is 2.27. The highest BCUT2D eigenvalue weighted by atomic mass is 32.2. The molecular weight excluding hydrogens is 242 g/mol. The molecule has 0 saturated heterocycles. The standard InChI is InChI=1S/C14H13N3S/c15-17-16-14(12-7-3-1-4-8-12)11-18-13-9-5-2-6-10-13/h1-10,14H,11H2. The van der Waals surface area contributed by atoms with Crippen molar-refractivity contribution < 1.29 is 0 Å². The van der Waals surface area contributed by atoms with Crippen LogP contribution in [0.15, 0.2) is 70.7 Å². The predicted octanol–water partition coefficient (Wildman–Crippen LogP) is 4.83. The van der Waals surface area contributed by atoms with Crippen molar-refractivity contribution in [2.24, 2.45) is 5.11 Å². The first-order valence-corrected chi connectivity index (χ1v) is 6.65. The molecule has 0 heterocycles. The summed E-state index contributed by atoms with van der Waals surface area (Å²) >= 11 is 1.70. The minimum absolute atomic E-state index is 0.124. The number of azide groups is 1. The third-order valence-corrected chi connectivity index (χ3v) is 3.61. The highest BCUT2D eigenvalue weighted by Gasteiger charge is 2.09. The zero-order chi connectivity index (χ0) is 12.6. The van der Waals surface area contributed by atoms with E-state index in [0.29, 0.717) is 0 Å². The fraction of sp³-hybridized carbons (Fsp3) is 0.143. The Bertz CT molecular complexity index is 521. The number of nitrogens with zero attached hydrogens (tertiary/aromatic N) is 3. The van der Waals surface area contributed by atoms with Crippen molar-refractivity contribution >= 4 is 11.8 Å². The second-order valence-electron chi connectivity index (χ2n) is 3.76. The summed E-state index contributed by atoms with van der Waals surface area (Å²) < 4.78 is 0. The van der Waals surface area contributed by atoms with Gasteiger partial charge in [0, 0.05) is 15.6 Å². The molecule has 1 atom stereocenters. The van der Waals surface area contributed by atoms with E-state index in [1.54, 1.807) is 11.8 Å². The number of thioether (sulfide) groups is 1. The molecule has 0 saturated carbocycles. The first kappa shape index (κ1) is 12.6. The van der Waals surface area contributed by atoms with Gasteiger partial charge in [-0.25, -0.2) is 0 Å². The molecule has 2 aromatic carbocycles. The van der Waals surface area contributed by atoms with Crippen LogP contribution in [-0.2, 0) is 0 Å². The number of hydrogen-bond acceptors (Lipinski definition) is 2. The number of rotatable bonds is 5. The lowest BCUT2D eigenvalue weighted by Gasteiger charge is -2.10. The molecule has 2 aromatic rings. The van der Waals surface area contributed by atoms with E-state index in [4.69, 9.17) is 5.53 Å². The van der Waals surface area contributed by atoms with Gasteiger partial charge in [0.1, 0.15) is 0 Å². The van der Waals surface area contributed by atoms with Gasteiger partial charge in [-0.05, 0) is 23.2 Å². The van der Waals surface area contributed by atoms with Crippen molar-refractivity contribution in [3.63, 3.8) is 0 Å². The summed E-state index contributed by atoms with van der Waals surface area (Å²) in [7, 11) is 0. The van der Waals surface area contributed by atoms with Gasteiger partial charge in [-0.1, -0.05) is 53.6 Å². The van der Waals surface area contributed by atoms with Crippen LogP contribution in [0, 0.1) is 0 Å². The minimum atomic E-state index is -0.124. The summed E-state index contributed by atoms with van der Waals surface area (Å²) in [6.45, 7) is 0. The highest BCUT2D eigenvalue weighted by molar-refractivity contribution is 7.99. The summed E-state index contributed by atoms with van der Waals surface area (Å²) in [4.78, 5) is 4.12. The van der Waals surface area contributed by atoms with Gasteiger partial charge in [-0.3, -0.25) is 0 Å². The van der Waals surface area contributed by atoms with Crippen molar-refractivity contribution in [2.75, 3.05) is 5.75 Å². The van der Waals surface area contributed by atoms with Gasteiger partial charge in [0.25, 0.3) is 0 Å². The van der Waals surface area contributed by atoms with E-state index in [0.717, 1.165) is 11.3 Å². The van der Waals surface area contributed by atoms with Crippen LogP contribution in [-0.4, -0.2) is 5.75 Å². The molecule has 0 aromatic heterocycles. The first-order chi connectivity index (χ1) is 8.90. The molecule has 0 radical (unpaired) electrons. The second-order valence-corrected chi connectivity index (χ2v) is 4.85. The summed E-state index contributed by atoms with van der Waals surface area (Å²) in [5, 5.41) is 3.87. The Balaban J connectivity index is 2.06. The van der Waals surface area contributed by atoms with Crippen LogP contribution >= 0.6 is 11.8 Å². The normalized spacial score (nSPS) is 11.6. The summed E-state index contributed by atoms with van der Waals surface area (Å²) in [6.07, 6.45) is 0. The van der Waals surface area contributed by atoms with E-state index < -0.39 is 0 Å². The van der Waals surface area contributed by atoms with E-state index in [1.165, 1.54) is 4.90 Å². The average Bonchev–Trinajstić information content (AvgIpc) is 2.45. The van der Waals surface area contributed by atoms with Gasteiger partial charge in [0.05, 0.1) is 6.04 Å². The lowest BCUT2D eigenvalue weighted by Crippen LogP contribution is -1.97. The van der Waals surface area contributed by atoms with E-state index in [1.807, 2.05) is 48.5 Å². The van der Waals surface area contributed by atoms with Crippen molar-refractivity contribution in [1.82, 2.24) is 0 Å². The van der Waals surface area contributed by atoms with Gasteiger partial charge in [0.2, 0.25) is 0 Å². The monoisotopic (exact) mass is 255 g/mol. The van der Waals surface area contributed by atoms with Crippen molar-refractivity contribution in [3.05, 3.63) is 76.7 Å². The van der Waals surface area contributed by atoms with Gasteiger partial charge in [-0.15, -0.1) is 11.8 Å². The van der Waals surface area contributed by atoms with Crippen LogP contribution in [0.3, 0.4) is 0 Å². The van der Waals surface area contributed by atoms with Gasteiger partial charge < -0.3 is 0 Å². The molecule has 0 spiro atoms. The number of benzene rings is 2. The van der Waals surface area contributed by atoms with E-state index in [2.05, 4.69) is 22.2 Å². The van der Waals surface area contributed by atoms with Gasteiger partial charge in [-0.2, -0.15) is 0 Å². The van der Waals surface area contributed by atoms with Crippen LogP contribution in [0.25, 0.3) is 10.4 Å². The third kappa shape index (κ3) is 3.55. The molecule has 0 bridgehead atoms. The zero-order valence-electron chi connectivity index (χ0n) is 9.81. The van der Waals surface area contributed by atoms with Crippen molar-refractivity contribution in [2.45, 2.75) is 10.9 Å². The Morgan fingerprint density at radius 2 is 1.61 bits per heavy atom. The molecule has 4 heteroatoms. The summed E-state index contributed by atoms with van der Waals surface area (Å²) in [5.41, 5.74) is 9.70. The Morgan fingerprint density at radius 3 is 2.22 bits per heavy atom. The Labute approximate surface area is 110 Å². The fourth-order valence-corrected chi connectivity index (χ4v) is 2.58. The smallest absolute Gasteiger partial charge is 0.0719 e. The topological polar surface area (TPSA) is 48.8 Å². The molecule has 0 N–H and O–H groups in total. The Hall–Kier alpha value is -1.90. The average molecular weight is 255 g/mol. The van der Waals surface area contributed by atoms with E-state index in [9.17, 15) is 0 Å². The van der Waals surface area contributed by atoms with Gasteiger partial charge in [0.15, 0.2) is 0 Å². The second kappa shape index (κ2) is 6.74. The van der Waals surface area contributed by atoms with Crippen molar-refractivity contribution in [1.29, 1.82) is 0 Å². The first-order valence-electron chi connectivity index (χ1n) is 5.67. The lowest BCUT2D eigenvalue weighted by molar-refractivity contribution is 0.820. The molecule has 0 aliphatic heterocycles. The molecule has 90 valence electrons. The predicted molar refractivity (Wildman–Crippen MR) is 75.5 cm³/mol. The molecule has 18 heavy (non-hydrogen) atoms.